The Bertz CT molecular complexity index is 362. The predicted octanol–water partition coefficient (Wildman–Crippen LogP) is 0.778. The van der Waals surface area contributed by atoms with Crippen LogP contribution in [0.25, 0.3) is 0 Å². The van der Waals surface area contributed by atoms with Crippen LogP contribution in [0, 0.1) is 5.92 Å². The molecule has 1 atom stereocenters. The lowest BCUT2D eigenvalue weighted by Gasteiger charge is -2.20. The number of aromatic nitrogens is 2. The van der Waals surface area contributed by atoms with Crippen molar-refractivity contribution in [3.05, 3.63) is 18.0 Å². The van der Waals surface area contributed by atoms with Gasteiger partial charge in [0, 0.05) is 44.5 Å². The van der Waals surface area contributed by atoms with Crippen LogP contribution in [0.15, 0.2) is 12.4 Å². The lowest BCUT2D eigenvalue weighted by Crippen LogP contribution is -2.31. The molecule has 0 spiro atoms. The number of rotatable bonds is 8. The van der Waals surface area contributed by atoms with Gasteiger partial charge in [-0.15, -0.1) is 0 Å². The van der Waals surface area contributed by atoms with Gasteiger partial charge in [0.05, 0.1) is 12.8 Å². The van der Waals surface area contributed by atoms with Gasteiger partial charge in [0.2, 0.25) is 0 Å². The third kappa shape index (κ3) is 4.40. The van der Waals surface area contributed by atoms with Gasteiger partial charge < -0.3 is 15.4 Å². The molecule has 0 bridgehead atoms. The van der Waals surface area contributed by atoms with Crippen molar-refractivity contribution in [1.29, 1.82) is 0 Å². The minimum atomic E-state index is 0.0205. The molecule has 2 N–H and O–H groups in total. The first-order valence-corrected chi connectivity index (χ1v) is 6.65. The summed E-state index contributed by atoms with van der Waals surface area (Å²) < 4.78 is 7.41. The van der Waals surface area contributed by atoms with Gasteiger partial charge in [0.1, 0.15) is 0 Å². The number of ether oxygens (including phenoxy) is 1. The Hall–Kier alpha value is -0.910. The van der Waals surface area contributed by atoms with E-state index in [2.05, 4.69) is 17.0 Å². The van der Waals surface area contributed by atoms with Crippen molar-refractivity contribution in [2.45, 2.75) is 18.9 Å². The smallest absolute Gasteiger partial charge is 0.0593 e. The SMILES string of the molecule is CN(CCOCC1CC1)CC(N)c1cnn(C)c1. The average Bonchev–Trinajstić information content (AvgIpc) is 3.05. The Labute approximate surface area is 109 Å². The minimum Gasteiger partial charge on any atom is -0.380 e. The summed E-state index contributed by atoms with van der Waals surface area (Å²) in [5.41, 5.74) is 7.22. The van der Waals surface area contributed by atoms with Crippen molar-refractivity contribution < 1.29 is 4.74 Å². The molecule has 1 aliphatic carbocycles. The Morgan fingerprint density at radius 1 is 1.61 bits per heavy atom. The number of nitrogens with two attached hydrogens (primary N) is 1. The molecule has 0 radical (unpaired) electrons. The largest absolute Gasteiger partial charge is 0.380 e. The fourth-order valence-electron chi connectivity index (χ4n) is 1.92. The van der Waals surface area contributed by atoms with Crippen LogP contribution in [-0.2, 0) is 11.8 Å². The number of aryl methyl sites for hydroxylation is 1. The summed E-state index contributed by atoms with van der Waals surface area (Å²) in [6.07, 6.45) is 6.51. The zero-order valence-electron chi connectivity index (χ0n) is 11.4. The molecule has 1 fully saturated rings. The third-order valence-corrected chi connectivity index (χ3v) is 3.33. The van der Waals surface area contributed by atoms with Crippen LogP contribution in [0.1, 0.15) is 24.4 Å². The Kier molecular flexibility index (Phi) is 4.74. The van der Waals surface area contributed by atoms with E-state index in [9.17, 15) is 0 Å². The number of hydrogen-bond acceptors (Lipinski definition) is 4. The maximum atomic E-state index is 6.14. The lowest BCUT2D eigenvalue weighted by atomic mass is 10.1. The summed E-state index contributed by atoms with van der Waals surface area (Å²) in [6.45, 7) is 3.49. The summed E-state index contributed by atoms with van der Waals surface area (Å²) in [5, 5.41) is 4.14. The van der Waals surface area contributed by atoms with Crippen LogP contribution in [0.2, 0.25) is 0 Å². The minimum absolute atomic E-state index is 0.0205. The summed E-state index contributed by atoms with van der Waals surface area (Å²) in [7, 11) is 3.99. The maximum absolute atomic E-state index is 6.14. The van der Waals surface area contributed by atoms with Gasteiger partial charge in [-0.1, -0.05) is 0 Å². The van der Waals surface area contributed by atoms with E-state index in [1.54, 1.807) is 4.68 Å². The molecule has 1 aromatic heterocycles. The molecule has 5 nitrogen and oxygen atoms in total. The summed E-state index contributed by atoms with van der Waals surface area (Å²) in [4.78, 5) is 2.21. The molecule has 1 heterocycles. The van der Waals surface area contributed by atoms with Crippen molar-refractivity contribution in [3.63, 3.8) is 0 Å². The summed E-state index contributed by atoms with van der Waals surface area (Å²) in [5.74, 6) is 0.841. The van der Waals surface area contributed by atoms with Gasteiger partial charge in [-0.05, 0) is 25.8 Å². The van der Waals surface area contributed by atoms with Crippen LogP contribution < -0.4 is 5.73 Å². The molecular weight excluding hydrogens is 228 g/mol. The highest BCUT2D eigenvalue weighted by molar-refractivity contribution is 5.09. The molecule has 18 heavy (non-hydrogen) atoms. The van der Waals surface area contributed by atoms with Gasteiger partial charge in [-0.2, -0.15) is 5.10 Å². The molecule has 1 aliphatic rings. The lowest BCUT2D eigenvalue weighted by molar-refractivity contribution is 0.102. The highest BCUT2D eigenvalue weighted by Gasteiger charge is 2.21. The van der Waals surface area contributed by atoms with Crippen LogP contribution in [0.5, 0.6) is 0 Å². The molecule has 102 valence electrons. The topological polar surface area (TPSA) is 56.3 Å². The van der Waals surface area contributed by atoms with Gasteiger partial charge in [0.25, 0.3) is 0 Å². The highest BCUT2D eigenvalue weighted by Crippen LogP contribution is 2.28. The predicted molar refractivity (Wildman–Crippen MR) is 71.2 cm³/mol. The summed E-state index contributed by atoms with van der Waals surface area (Å²) >= 11 is 0. The molecule has 0 amide bonds. The molecular formula is C13H24N4O. The Morgan fingerprint density at radius 2 is 2.39 bits per heavy atom. The standard InChI is InChI=1S/C13H24N4O/c1-16(5-6-18-10-11-3-4-11)9-13(14)12-7-15-17(2)8-12/h7-8,11,13H,3-6,9-10,14H2,1-2H3. The van der Waals surface area contributed by atoms with Crippen LogP contribution in [0.4, 0.5) is 0 Å². The maximum Gasteiger partial charge on any atom is 0.0593 e. The van der Waals surface area contributed by atoms with Crippen LogP contribution >= 0.6 is 0 Å². The van der Waals surface area contributed by atoms with E-state index in [0.717, 1.165) is 37.8 Å². The first kappa shape index (κ1) is 13.5. The van der Waals surface area contributed by atoms with Crippen molar-refractivity contribution in [3.8, 4) is 0 Å². The van der Waals surface area contributed by atoms with Crippen molar-refractivity contribution >= 4 is 0 Å². The molecule has 1 aromatic rings. The van der Waals surface area contributed by atoms with Crippen molar-refractivity contribution in [2.24, 2.45) is 18.7 Å². The van der Waals surface area contributed by atoms with Crippen LogP contribution in [0.3, 0.4) is 0 Å². The van der Waals surface area contributed by atoms with E-state index < -0.39 is 0 Å². The molecule has 0 aliphatic heterocycles. The van der Waals surface area contributed by atoms with Gasteiger partial charge >= 0.3 is 0 Å². The fraction of sp³-hybridized carbons (Fsp3) is 0.769. The van der Waals surface area contributed by atoms with Crippen LogP contribution in [-0.4, -0.2) is 48.0 Å². The average molecular weight is 252 g/mol. The Balaban J connectivity index is 1.61. The Morgan fingerprint density at radius 3 is 3.00 bits per heavy atom. The number of likely N-dealkylation sites (N-methyl/N-ethyl adjacent to an activating group) is 1. The molecule has 0 saturated heterocycles. The summed E-state index contributed by atoms with van der Waals surface area (Å²) in [6, 6.07) is 0.0205. The number of hydrogen-bond donors (Lipinski definition) is 1. The van der Waals surface area contributed by atoms with E-state index >= 15 is 0 Å². The number of nitrogens with zero attached hydrogens (tertiary/aromatic N) is 3. The van der Waals surface area contributed by atoms with Gasteiger partial charge in [-0.25, -0.2) is 0 Å². The quantitative estimate of drug-likeness (QED) is 0.695. The normalized spacial score (nSPS) is 17.3. The van der Waals surface area contributed by atoms with E-state index in [-0.39, 0.29) is 6.04 Å². The van der Waals surface area contributed by atoms with Crippen molar-refractivity contribution in [1.82, 2.24) is 14.7 Å². The highest BCUT2D eigenvalue weighted by atomic mass is 16.5. The zero-order chi connectivity index (χ0) is 13.0. The molecule has 1 unspecified atom stereocenters. The van der Waals surface area contributed by atoms with E-state index in [1.165, 1.54) is 12.8 Å². The second-order valence-corrected chi connectivity index (χ2v) is 5.33. The molecule has 5 heteroatoms. The third-order valence-electron chi connectivity index (χ3n) is 3.33. The molecule has 0 aromatic carbocycles. The first-order valence-electron chi connectivity index (χ1n) is 6.65. The van der Waals surface area contributed by atoms with Gasteiger partial charge in [-0.3, -0.25) is 4.68 Å². The molecule has 2 rings (SSSR count). The fourth-order valence-corrected chi connectivity index (χ4v) is 1.92. The van der Waals surface area contributed by atoms with E-state index in [4.69, 9.17) is 10.5 Å². The second kappa shape index (κ2) is 6.31. The van der Waals surface area contributed by atoms with E-state index in [1.807, 2.05) is 19.4 Å². The zero-order valence-corrected chi connectivity index (χ0v) is 11.4. The monoisotopic (exact) mass is 252 g/mol. The van der Waals surface area contributed by atoms with Gasteiger partial charge in [0.15, 0.2) is 0 Å². The first-order chi connectivity index (χ1) is 8.65. The van der Waals surface area contributed by atoms with E-state index in [0.29, 0.717) is 0 Å². The molecule has 1 saturated carbocycles. The van der Waals surface area contributed by atoms with Crippen molar-refractivity contribution in [2.75, 3.05) is 33.4 Å². The second-order valence-electron chi connectivity index (χ2n) is 5.33.